The van der Waals surface area contributed by atoms with Gasteiger partial charge in [0.25, 0.3) is 0 Å². The molecule has 0 amide bonds. The van der Waals surface area contributed by atoms with Crippen LogP contribution in [-0.2, 0) is 14.3 Å². The van der Waals surface area contributed by atoms with Crippen molar-refractivity contribution in [3.8, 4) is 6.07 Å². The molecule has 0 bridgehead atoms. The second kappa shape index (κ2) is 3.94. The molecule has 4 nitrogen and oxygen atoms in total. The van der Waals surface area contributed by atoms with Gasteiger partial charge in [0.2, 0.25) is 6.29 Å². The second-order valence-corrected chi connectivity index (χ2v) is 2.27. The normalized spacial score (nSPS) is 22.6. The van der Waals surface area contributed by atoms with Gasteiger partial charge < -0.3 is 9.47 Å². The van der Waals surface area contributed by atoms with Crippen molar-refractivity contribution in [1.29, 1.82) is 5.26 Å². The number of esters is 1. The van der Waals surface area contributed by atoms with Crippen LogP contribution in [0.25, 0.3) is 0 Å². The van der Waals surface area contributed by atoms with Crippen LogP contribution in [-0.4, -0.2) is 18.9 Å². The highest BCUT2D eigenvalue weighted by molar-refractivity contribution is 5.71. The van der Waals surface area contributed by atoms with Gasteiger partial charge in [-0.2, -0.15) is 5.26 Å². The van der Waals surface area contributed by atoms with Crippen LogP contribution in [0.2, 0.25) is 0 Å². The fourth-order valence-electron chi connectivity index (χ4n) is 0.894. The molecule has 0 saturated carbocycles. The lowest BCUT2D eigenvalue weighted by atomic mass is 10.4. The number of nitrogens with zero attached hydrogens (tertiary/aromatic N) is 1. The van der Waals surface area contributed by atoms with E-state index in [1.165, 1.54) is 0 Å². The lowest BCUT2D eigenvalue weighted by Gasteiger charge is -2.08. The SMILES string of the molecule is N#CCC(=O)OC1CCCO1. The molecule has 0 aromatic heterocycles. The molecule has 0 aromatic carbocycles. The average Bonchev–Trinajstić information content (AvgIpc) is 2.40. The van der Waals surface area contributed by atoms with E-state index >= 15 is 0 Å². The largest absolute Gasteiger partial charge is 0.435 e. The van der Waals surface area contributed by atoms with Crippen molar-refractivity contribution in [3.05, 3.63) is 0 Å². The van der Waals surface area contributed by atoms with Crippen LogP contribution < -0.4 is 0 Å². The topological polar surface area (TPSA) is 59.3 Å². The number of nitriles is 1. The summed E-state index contributed by atoms with van der Waals surface area (Å²) < 4.78 is 9.79. The third-order valence-electron chi connectivity index (χ3n) is 1.37. The summed E-state index contributed by atoms with van der Waals surface area (Å²) in [7, 11) is 0. The zero-order chi connectivity index (χ0) is 8.10. The Kier molecular flexibility index (Phi) is 2.87. The van der Waals surface area contributed by atoms with Crippen molar-refractivity contribution < 1.29 is 14.3 Å². The predicted molar refractivity (Wildman–Crippen MR) is 35.3 cm³/mol. The van der Waals surface area contributed by atoms with Crippen LogP contribution in [0.4, 0.5) is 0 Å². The molecule has 1 atom stereocenters. The molecule has 1 aliphatic heterocycles. The smallest absolute Gasteiger partial charge is 0.322 e. The molecule has 1 rings (SSSR count). The van der Waals surface area contributed by atoms with Gasteiger partial charge in [0.15, 0.2) is 0 Å². The van der Waals surface area contributed by atoms with Crippen LogP contribution in [0, 0.1) is 11.3 Å². The van der Waals surface area contributed by atoms with Gasteiger partial charge in [0.05, 0.1) is 12.7 Å². The van der Waals surface area contributed by atoms with Gasteiger partial charge in [-0.1, -0.05) is 0 Å². The van der Waals surface area contributed by atoms with E-state index in [9.17, 15) is 4.79 Å². The molecule has 0 spiro atoms. The monoisotopic (exact) mass is 155 g/mol. The van der Waals surface area contributed by atoms with E-state index in [2.05, 4.69) is 0 Å². The fraction of sp³-hybridized carbons (Fsp3) is 0.714. The van der Waals surface area contributed by atoms with E-state index in [0.29, 0.717) is 6.61 Å². The van der Waals surface area contributed by atoms with Crippen molar-refractivity contribution in [2.24, 2.45) is 0 Å². The zero-order valence-corrected chi connectivity index (χ0v) is 6.08. The molecule has 1 fully saturated rings. The quantitative estimate of drug-likeness (QED) is 0.547. The molecule has 11 heavy (non-hydrogen) atoms. The number of rotatable bonds is 2. The van der Waals surface area contributed by atoms with Gasteiger partial charge in [0.1, 0.15) is 6.42 Å². The van der Waals surface area contributed by atoms with Crippen molar-refractivity contribution in [1.82, 2.24) is 0 Å². The Labute approximate surface area is 64.7 Å². The van der Waals surface area contributed by atoms with Gasteiger partial charge in [-0.05, 0) is 6.42 Å². The number of carbonyl (C=O) groups is 1. The summed E-state index contributed by atoms with van der Waals surface area (Å²) >= 11 is 0. The van der Waals surface area contributed by atoms with Crippen molar-refractivity contribution in [3.63, 3.8) is 0 Å². The maximum Gasteiger partial charge on any atom is 0.322 e. The lowest BCUT2D eigenvalue weighted by Crippen LogP contribution is -2.15. The Morgan fingerprint density at radius 2 is 2.64 bits per heavy atom. The van der Waals surface area contributed by atoms with Crippen molar-refractivity contribution in [2.45, 2.75) is 25.6 Å². The summed E-state index contributed by atoms with van der Waals surface area (Å²) in [6.45, 7) is 0.643. The Morgan fingerprint density at radius 3 is 3.18 bits per heavy atom. The van der Waals surface area contributed by atoms with Gasteiger partial charge >= 0.3 is 5.97 Å². The van der Waals surface area contributed by atoms with E-state index in [1.54, 1.807) is 6.07 Å². The predicted octanol–water partition coefficient (Wildman–Crippen LogP) is 0.580. The minimum Gasteiger partial charge on any atom is -0.435 e. The van der Waals surface area contributed by atoms with E-state index in [4.69, 9.17) is 14.7 Å². The summed E-state index contributed by atoms with van der Waals surface area (Å²) in [6.07, 6.45) is 1.07. The molecular weight excluding hydrogens is 146 g/mol. The highest BCUT2D eigenvalue weighted by atomic mass is 16.7. The molecule has 0 radical (unpaired) electrons. The number of carbonyl (C=O) groups excluding carboxylic acids is 1. The number of ether oxygens (including phenoxy) is 2. The standard InChI is InChI=1S/C7H9NO3/c8-4-3-6(9)11-7-2-1-5-10-7/h7H,1-3,5H2. The first kappa shape index (κ1) is 8.02. The molecule has 0 aromatic rings. The third-order valence-corrected chi connectivity index (χ3v) is 1.37. The number of hydrogen-bond donors (Lipinski definition) is 0. The molecule has 1 saturated heterocycles. The fourth-order valence-corrected chi connectivity index (χ4v) is 0.894. The highest BCUT2D eigenvalue weighted by Crippen LogP contribution is 2.13. The Balaban J connectivity index is 2.19. The first-order valence-electron chi connectivity index (χ1n) is 3.51. The minimum absolute atomic E-state index is 0.195. The highest BCUT2D eigenvalue weighted by Gasteiger charge is 2.18. The van der Waals surface area contributed by atoms with Crippen LogP contribution in [0.15, 0.2) is 0 Å². The molecule has 0 N–H and O–H groups in total. The Hall–Kier alpha value is -1.08. The van der Waals surface area contributed by atoms with E-state index in [0.717, 1.165) is 12.8 Å². The molecular formula is C7H9NO3. The summed E-state index contributed by atoms with van der Waals surface area (Å²) in [5.41, 5.74) is 0. The summed E-state index contributed by atoms with van der Waals surface area (Å²) in [5.74, 6) is -0.501. The first-order valence-corrected chi connectivity index (χ1v) is 3.51. The maximum atomic E-state index is 10.7. The summed E-state index contributed by atoms with van der Waals surface area (Å²) in [4.78, 5) is 10.7. The number of hydrogen-bond acceptors (Lipinski definition) is 4. The molecule has 1 heterocycles. The molecule has 0 aliphatic carbocycles. The van der Waals surface area contributed by atoms with Gasteiger partial charge in [0, 0.05) is 6.42 Å². The van der Waals surface area contributed by atoms with Crippen molar-refractivity contribution >= 4 is 5.97 Å². The zero-order valence-electron chi connectivity index (χ0n) is 6.08. The molecule has 4 heteroatoms. The summed E-state index contributed by atoms with van der Waals surface area (Å²) in [6, 6.07) is 1.71. The Morgan fingerprint density at radius 1 is 1.82 bits per heavy atom. The van der Waals surface area contributed by atoms with Crippen molar-refractivity contribution in [2.75, 3.05) is 6.61 Å². The average molecular weight is 155 g/mol. The Bertz CT molecular complexity index is 179. The van der Waals surface area contributed by atoms with Crippen LogP contribution in [0.5, 0.6) is 0 Å². The van der Waals surface area contributed by atoms with Gasteiger partial charge in [-0.3, -0.25) is 4.79 Å². The van der Waals surface area contributed by atoms with E-state index in [1.807, 2.05) is 0 Å². The van der Waals surface area contributed by atoms with E-state index in [-0.39, 0.29) is 6.42 Å². The first-order chi connectivity index (χ1) is 5.33. The van der Waals surface area contributed by atoms with Gasteiger partial charge in [-0.15, -0.1) is 0 Å². The molecule has 1 unspecified atom stereocenters. The second-order valence-electron chi connectivity index (χ2n) is 2.27. The van der Waals surface area contributed by atoms with Gasteiger partial charge in [-0.25, -0.2) is 0 Å². The maximum absolute atomic E-state index is 10.7. The minimum atomic E-state index is -0.501. The third kappa shape index (κ3) is 2.56. The summed E-state index contributed by atoms with van der Waals surface area (Å²) in [5, 5.41) is 8.12. The molecule has 1 aliphatic rings. The van der Waals surface area contributed by atoms with Crippen LogP contribution in [0.3, 0.4) is 0 Å². The molecule has 60 valence electrons. The lowest BCUT2D eigenvalue weighted by molar-refractivity contribution is -0.168. The van der Waals surface area contributed by atoms with Crippen LogP contribution >= 0.6 is 0 Å². The van der Waals surface area contributed by atoms with Crippen LogP contribution in [0.1, 0.15) is 19.3 Å². The van der Waals surface area contributed by atoms with E-state index < -0.39 is 12.3 Å².